The number of benzene rings is 1. The fraction of sp³-hybridized carbons (Fsp3) is 0.316. The zero-order chi connectivity index (χ0) is 19.5. The average Bonchev–Trinajstić information content (AvgIpc) is 2.72. The largest absolute Gasteiger partial charge is 0.397 e. The summed E-state index contributed by atoms with van der Waals surface area (Å²) in [4.78, 5) is 8.82. The maximum atomic E-state index is 6.09. The summed E-state index contributed by atoms with van der Waals surface area (Å²) in [6, 6.07) is 9.82. The number of fused-ring (bicyclic) bond motifs is 1. The molecule has 4 rings (SSSR count). The highest BCUT2D eigenvalue weighted by Gasteiger charge is 2.21. The molecule has 0 unspecified atom stereocenters. The van der Waals surface area contributed by atoms with E-state index in [2.05, 4.69) is 36.7 Å². The molecule has 1 fully saturated rings. The van der Waals surface area contributed by atoms with Gasteiger partial charge in [0, 0.05) is 45.3 Å². The number of rotatable bonds is 2. The van der Waals surface area contributed by atoms with Crippen molar-refractivity contribution >= 4 is 51.7 Å². The second-order valence-corrected chi connectivity index (χ2v) is 7.56. The van der Waals surface area contributed by atoms with Gasteiger partial charge < -0.3 is 20.9 Å². The summed E-state index contributed by atoms with van der Waals surface area (Å²) < 4.78 is 0. The predicted molar refractivity (Wildman–Crippen MR) is 119 cm³/mol. The number of nitrogen functional groups attached to an aromatic ring is 1. The number of halogens is 1. The third-order valence-electron chi connectivity index (χ3n) is 4.94. The van der Waals surface area contributed by atoms with Crippen molar-refractivity contribution in [3.8, 4) is 0 Å². The molecule has 146 valence electrons. The van der Waals surface area contributed by atoms with Gasteiger partial charge in [-0.1, -0.05) is 23.7 Å². The first-order valence-electron chi connectivity index (χ1n) is 9.22. The number of aromatic nitrogens is 1. The smallest absolute Gasteiger partial charge is 0.189 e. The number of nitrogens with zero attached hydrogens (tertiary/aromatic N) is 4. The first-order chi connectivity index (χ1) is 13.6. The van der Waals surface area contributed by atoms with Crippen LogP contribution in [0.5, 0.6) is 0 Å². The van der Waals surface area contributed by atoms with Crippen molar-refractivity contribution in [3.63, 3.8) is 0 Å². The zero-order valence-corrected chi connectivity index (χ0v) is 16.9. The lowest BCUT2D eigenvalue weighted by Gasteiger charge is -2.37. The minimum atomic E-state index is 0.605. The Morgan fingerprint density at radius 2 is 2.04 bits per heavy atom. The Hall–Kier alpha value is -2.58. The molecule has 9 heteroatoms. The van der Waals surface area contributed by atoms with Crippen LogP contribution in [0, 0.1) is 0 Å². The van der Waals surface area contributed by atoms with Gasteiger partial charge in [0.05, 0.1) is 27.8 Å². The fourth-order valence-electron chi connectivity index (χ4n) is 3.46. The highest BCUT2D eigenvalue weighted by Crippen LogP contribution is 2.24. The first-order valence-corrected chi connectivity index (χ1v) is 10.0. The van der Waals surface area contributed by atoms with E-state index in [0.717, 1.165) is 67.6 Å². The topological polar surface area (TPSA) is 81.8 Å². The lowest BCUT2D eigenvalue weighted by molar-refractivity contribution is 0.381. The van der Waals surface area contributed by atoms with Gasteiger partial charge in [0.1, 0.15) is 5.69 Å². The number of hydrazone groups is 1. The minimum absolute atomic E-state index is 0.605. The van der Waals surface area contributed by atoms with Crippen molar-refractivity contribution in [1.82, 2.24) is 15.3 Å². The molecule has 4 N–H and O–H groups in total. The molecule has 0 aliphatic carbocycles. The molecule has 3 heterocycles. The van der Waals surface area contributed by atoms with Crippen molar-refractivity contribution in [2.24, 2.45) is 5.10 Å². The van der Waals surface area contributed by atoms with Crippen LogP contribution in [0.1, 0.15) is 12.1 Å². The Labute approximate surface area is 174 Å². The Bertz CT molecular complexity index is 909. The maximum absolute atomic E-state index is 6.09. The summed E-state index contributed by atoms with van der Waals surface area (Å²) in [5, 5.41) is 9.05. The maximum Gasteiger partial charge on any atom is 0.189 e. The van der Waals surface area contributed by atoms with Crippen molar-refractivity contribution in [2.45, 2.75) is 6.42 Å². The average molecular weight is 416 g/mol. The Balaban J connectivity index is 1.37. The third kappa shape index (κ3) is 3.98. The predicted octanol–water partition coefficient (Wildman–Crippen LogP) is 2.53. The SMILES string of the molecule is Nc1ccccc1N1CCN(C(=S)N/N=C2/CCNc3cc(Cl)cnc32)CC1. The van der Waals surface area contributed by atoms with E-state index in [4.69, 9.17) is 29.6 Å². The molecule has 2 aliphatic rings. The van der Waals surface area contributed by atoms with E-state index in [-0.39, 0.29) is 0 Å². The van der Waals surface area contributed by atoms with Crippen molar-refractivity contribution in [1.29, 1.82) is 0 Å². The van der Waals surface area contributed by atoms with Crippen molar-refractivity contribution in [3.05, 3.63) is 47.2 Å². The summed E-state index contributed by atoms with van der Waals surface area (Å²) in [7, 11) is 0. The van der Waals surface area contributed by atoms with E-state index >= 15 is 0 Å². The van der Waals surface area contributed by atoms with Crippen LogP contribution in [0.2, 0.25) is 5.02 Å². The van der Waals surface area contributed by atoms with Crippen LogP contribution < -0.4 is 21.4 Å². The molecule has 1 aromatic heterocycles. The number of piperazine rings is 1. The highest BCUT2D eigenvalue weighted by molar-refractivity contribution is 7.80. The Morgan fingerprint density at radius 3 is 2.82 bits per heavy atom. The number of pyridine rings is 1. The van der Waals surface area contributed by atoms with Gasteiger partial charge in [-0.25, -0.2) is 0 Å². The van der Waals surface area contributed by atoms with Gasteiger partial charge in [-0.05, 0) is 30.4 Å². The van der Waals surface area contributed by atoms with E-state index in [1.165, 1.54) is 0 Å². The number of anilines is 3. The molecular weight excluding hydrogens is 394 g/mol. The Kier molecular flexibility index (Phi) is 5.50. The minimum Gasteiger partial charge on any atom is -0.397 e. The molecule has 0 amide bonds. The molecular formula is C19H22ClN7S. The number of nitrogens with two attached hydrogens (primary N) is 1. The van der Waals surface area contributed by atoms with Gasteiger partial charge >= 0.3 is 0 Å². The Morgan fingerprint density at radius 1 is 1.25 bits per heavy atom. The second-order valence-electron chi connectivity index (χ2n) is 6.73. The van der Waals surface area contributed by atoms with Crippen molar-refractivity contribution in [2.75, 3.05) is 48.7 Å². The lowest BCUT2D eigenvalue weighted by atomic mass is 10.1. The molecule has 0 bridgehead atoms. The molecule has 0 radical (unpaired) electrons. The van der Waals surface area contributed by atoms with E-state index in [1.807, 2.05) is 24.3 Å². The van der Waals surface area contributed by atoms with Gasteiger partial charge in [0.2, 0.25) is 0 Å². The molecule has 7 nitrogen and oxygen atoms in total. The fourth-order valence-corrected chi connectivity index (χ4v) is 3.84. The molecule has 1 saturated heterocycles. The van der Waals surface area contributed by atoms with Crippen LogP contribution in [-0.4, -0.2) is 53.4 Å². The number of hydrogen-bond acceptors (Lipinski definition) is 6. The monoisotopic (exact) mass is 415 g/mol. The van der Waals surface area contributed by atoms with E-state index in [9.17, 15) is 0 Å². The van der Waals surface area contributed by atoms with Crippen LogP contribution >= 0.6 is 23.8 Å². The molecule has 0 saturated carbocycles. The van der Waals surface area contributed by atoms with Crippen molar-refractivity contribution < 1.29 is 0 Å². The third-order valence-corrected chi connectivity index (χ3v) is 5.49. The van der Waals surface area contributed by atoms with E-state index < -0.39 is 0 Å². The zero-order valence-electron chi connectivity index (χ0n) is 15.4. The summed E-state index contributed by atoms with van der Waals surface area (Å²) in [5.41, 5.74) is 13.6. The van der Waals surface area contributed by atoms with Crippen LogP contribution in [0.3, 0.4) is 0 Å². The van der Waals surface area contributed by atoms with Crippen LogP contribution in [0.25, 0.3) is 0 Å². The molecule has 0 atom stereocenters. The van der Waals surface area contributed by atoms with Gasteiger partial charge in [-0.3, -0.25) is 10.4 Å². The number of nitrogens with one attached hydrogen (secondary N) is 2. The van der Waals surface area contributed by atoms with Gasteiger partial charge in [0.25, 0.3) is 0 Å². The van der Waals surface area contributed by atoms with E-state index in [0.29, 0.717) is 10.1 Å². The standard InChI is InChI=1S/C19H22ClN7S/c20-13-11-16-18(23-12-13)15(5-6-22-16)24-25-19(28)27-9-7-26(8-10-27)17-4-2-1-3-14(17)21/h1-4,11-12,22H,5-10,21H2,(H,25,28)/b24-15-. The molecule has 28 heavy (non-hydrogen) atoms. The van der Waals surface area contributed by atoms with Crippen LogP contribution in [0.15, 0.2) is 41.6 Å². The van der Waals surface area contributed by atoms with Crippen LogP contribution in [-0.2, 0) is 0 Å². The van der Waals surface area contributed by atoms with Gasteiger partial charge in [0.15, 0.2) is 5.11 Å². The highest BCUT2D eigenvalue weighted by atomic mass is 35.5. The van der Waals surface area contributed by atoms with Gasteiger partial charge in [-0.15, -0.1) is 0 Å². The number of para-hydroxylation sites is 2. The molecule has 0 spiro atoms. The molecule has 1 aromatic carbocycles. The molecule has 2 aliphatic heterocycles. The van der Waals surface area contributed by atoms with E-state index in [1.54, 1.807) is 6.20 Å². The quantitative estimate of drug-likeness (QED) is 0.395. The summed E-state index contributed by atoms with van der Waals surface area (Å²) in [5.74, 6) is 0. The molecule has 2 aromatic rings. The van der Waals surface area contributed by atoms with Gasteiger partial charge in [-0.2, -0.15) is 5.10 Å². The lowest BCUT2D eigenvalue weighted by Crippen LogP contribution is -2.51. The first kappa shape index (κ1) is 18.8. The number of thiocarbonyl (C=S) groups is 1. The van der Waals surface area contributed by atoms with Crippen LogP contribution in [0.4, 0.5) is 17.1 Å². The number of hydrogen-bond donors (Lipinski definition) is 3. The summed E-state index contributed by atoms with van der Waals surface area (Å²) >= 11 is 11.6. The summed E-state index contributed by atoms with van der Waals surface area (Å²) in [6.07, 6.45) is 2.41. The summed E-state index contributed by atoms with van der Waals surface area (Å²) in [6.45, 7) is 4.15. The normalized spacial score (nSPS) is 17.8. The second kappa shape index (κ2) is 8.20.